The van der Waals surface area contributed by atoms with Gasteiger partial charge in [-0.1, -0.05) is 34.1 Å². The van der Waals surface area contributed by atoms with Crippen LogP contribution in [0.15, 0.2) is 40.9 Å². The molecule has 2 rings (SSSR count). The van der Waals surface area contributed by atoms with Crippen molar-refractivity contribution in [3.05, 3.63) is 69.2 Å². The molecule has 0 aliphatic heterocycles. The first-order chi connectivity index (χ1) is 9.47. The van der Waals surface area contributed by atoms with Crippen LogP contribution in [-0.4, -0.2) is 0 Å². The fourth-order valence-electron chi connectivity index (χ4n) is 1.96. The molecular weight excluding hydrogens is 324 g/mol. The first-order valence-corrected chi connectivity index (χ1v) is 7.20. The zero-order valence-electron chi connectivity index (χ0n) is 11.4. The summed E-state index contributed by atoms with van der Waals surface area (Å²) in [5.74, 6) is -1.63. The summed E-state index contributed by atoms with van der Waals surface area (Å²) in [4.78, 5) is 0. The van der Waals surface area contributed by atoms with E-state index in [1.165, 1.54) is 11.6 Å². The summed E-state index contributed by atoms with van der Waals surface area (Å²) in [6, 6.07) is 10.1. The molecule has 106 valence electrons. The van der Waals surface area contributed by atoms with Gasteiger partial charge in [0.1, 0.15) is 0 Å². The highest BCUT2D eigenvalue weighted by atomic mass is 79.9. The third-order valence-corrected chi connectivity index (χ3v) is 3.99. The SMILES string of the molecule is Cc1ccc(CNC(C)c2ccc(F)c(F)c2)c(Br)c1. The topological polar surface area (TPSA) is 12.0 Å². The Hall–Kier alpha value is -1.26. The average Bonchev–Trinajstić information content (AvgIpc) is 2.40. The van der Waals surface area contributed by atoms with E-state index in [-0.39, 0.29) is 6.04 Å². The summed E-state index contributed by atoms with van der Waals surface area (Å²) in [5, 5.41) is 3.30. The average molecular weight is 340 g/mol. The van der Waals surface area contributed by atoms with Gasteiger partial charge in [-0.15, -0.1) is 0 Å². The third-order valence-electron chi connectivity index (χ3n) is 3.25. The van der Waals surface area contributed by atoms with Gasteiger partial charge in [0.2, 0.25) is 0 Å². The van der Waals surface area contributed by atoms with E-state index in [1.54, 1.807) is 6.07 Å². The normalized spacial score (nSPS) is 12.4. The Bertz CT molecular complexity index is 613. The maximum absolute atomic E-state index is 13.2. The zero-order chi connectivity index (χ0) is 14.7. The highest BCUT2D eigenvalue weighted by molar-refractivity contribution is 9.10. The summed E-state index contributed by atoms with van der Waals surface area (Å²) >= 11 is 3.53. The molecule has 4 heteroatoms. The molecule has 1 nitrogen and oxygen atoms in total. The van der Waals surface area contributed by atoms with Crippen molar-refractivity contribution in [2.45, 2.75) is 26.4 Å². The Balaban J connectivity index is 2.04. The van der Waals surface area contributed by atoms with Gasteiger partial charge < -0.3 is 5.32 Å². The maximum atomic E-state index is 13.2. The van der Waals surface area contributed by atoms with Gasteiger partial charge in [-0.05, 0) is 48.7 Å². The molecule has 0 saturated carbocycles. The summed E-state index contributed by atoms with van der Waals surface area (Å²) in [6.45, 7) is 4.61. The Morgan fingerprint density at radius 2 is 1.85 bits per heavy atom. The van der Waals surface area contributed by atoms with Crippen LogP contribution < -0.4 is 5.32 Å². The van der Waals surface area contributed by atoms with Crippen LogP contribution in [0.5, 0.6) is 0 Å². The van der Waals surface area contributed by atoms with Gasteiger partial charge in [-0.2, -0.15) is 0 Å². The molecule has 0 spiro atoms. The first-order valence-electron chi connectivity index (χ1n) is 6.40. The van der Waals surface area contributed by atoms with Crippen molar-refractivity contribution in [2.75, 3.05) is 0 Å². The quantitative estimate of drug-likeness (QED) is 0.836. The van der Waals surface area contributed by atoms with Crippen molar-refractivity contribution in [1.29, 1.82) is 0 Å². The zero-order valence-corrected chi connectivity index (χ0v) is 13.0. The number of rotatable bonds is 4. The molecule has 2 aromatic rings. The molecule has 0 heterocycles. The van der Waals surface area contributed by atoms with Gasteiger partial charge in [-0.3, -0.25) is 0 Å². The second kappa shape index (κ2) is 6.46. The summed E-state index contributed by atoms with van der Waals surface area (Å²) in [6.07, 6.45) is 0. The predicted octanol–water partition coefficient (Wildman–Crippen LogP) is 4.89. The molecule has 0 aromatic heterocycles. The molecular formula is C16H16BrF2N. The molecule has 0 fully saturated rings. The number of aryl methyl sites for hydroxylation is 1. The van der Waals surface area contributed by atoms with E-state index >= 15 is 0 Å². The van der Waals surface area contributed by atoms with Gasteiger partial charge in [-0.25, -0.2) is 8.78 Å². The van der Waals surface area contributed by atoms with Crippen LogP contribution in [0, 0.1) is 18.6 Å². The van der Waals surface area contributed by atoms with E-state index in [1.807, 2.05) is 26.0 Å². The molecule has 1 atom stereocenters. The van der Waals surface area contributed by atoms with Gasteiger partial charge in [0.15, 0.2) is 11.6 Å². The molecule has 1 N–H and O–H groups in total. The van der Waals surface area contributed by atoms with Crippen LogP contribution in [0.4, 0.5) is 8.78 Å². The van der Waals surface area contributed by atoms with Crippen molar-refractivity contribution in [2.24, 2.45) is 0 Å². The molecule has 0 aliphatic carbocycles. The lowest BCUT2D eigenvalue weighted by molar-refractivity contribution is 0.500. The molecule has 0 aliphatic rings. The maximum Gasteiger partial charge on any atom is 0.159 e. The van der Waals surface area contributed by atoms with Crippen LogP contribution in [-0.2, 0) is 6.54 Å². The molecule has 0 bridgehead atoms. The number of nitrogens with one attached hydrogen (secondary N) is 1. The molecule has 0 radical (unpaired) electrons. The number of halogens is 3. The summed E-state index contributed by atoms with van der Waals surface area (Å²) in [5.41, 5.74) is 3.05. The predicted molar refractivity (Wildman–Crippen MR) is 80.5 cm³/mol. The second-order valence-electron chi connectivity index (χ2n) is 4.87. The molecule has 0 saturated heterocycles. The standard InChI is InChI=1S/C16H16BrF2N/c1-10-3-4-13(14(17)7-10)9-20-11(2)12-5-6-15(18)16(19)8-12/h3-8,11,20H,9H2,1-2H3. The molecule has 1 unspecified atom stereocenters. The monoisotopic (exact) mass is 339 g/mol. The van der Waals surface area contributed by atoms with E-state index in [4.69, 9.17) is 0 Å². The fraction of sp³-hybridized carbons (Fsp3) is 0.250. The van der Waals surface area contributed by atoms with E-state index in [0.29, 0.717) is 6.54 Å². The largest absolute Gasteiger partial charge is 0.306 e. The van der Waals surface area contributed by atoms with Gasteiger partial charge in [0, 0.05) is 17.1 Å². The van der Waals surface area contributed by atoms with E-state index in [0.717, 1.165) is 21.7 Å². The highest BCUT2D eigenvalue weighted by Gasteiger charge is 2.09. The van der Waals surface area contributed by atoms with Gasteiger partial charge in [0.05, 0.1) is 0 Å². The van der Waals surface area contributed by atoms with Crippen LogP contribution in [0.3, 0.4) is 0 Å². The Labute approximate surface area is 126 Å². The van der Waals surface area contributed by atoms with Crippen LogP contribution in [0.1, 0.15) is 29.7 Å². The number of hydrogen-bond acceptors (Lipinski definition) is 1. The van der Waals surface area contributed by atoms with E-state index < -0.39 is 11.6 Å². The van der Waals surface area contributed by atoms with Gasteiger partial charge >= 0.3 is 0 Å². The van der Waals surface area contributed by atoms with Gasteiger partial charge in [0.25, 0.3) is 0 Å². The van der Waals surface area contributed by atoms with E-state index in [2.05, 4.69) is 27.3 Å². The minimum atomic E-state index is -0.817. The van der Waals surface area contributed by atoms with Crippen molar-refractivity contribution < 1.29 is 8.78 Å². The number of benzene rings is 2. The second-order valence-corrected chi connectivity index (χ2v) is 5.73. The Morgan fingerprint density at radius 3 is 2.50 bits per heavy atom. The van der Waals surface area contributed by atoms with Crippen LogP contribution >= 0.6 is 15.9 Å². The third kappa shape index (κ3) is 3.64. The number of hydrogen-bond donors (Lipinski definition) is 1. The van der Waals surface area contributed by atoms with E-state index in [9.17, 15) is 8.78 Å². The minimum absolute atomic E-state index is 0.0571. The lowest BCUT2D eigenvalue weighted by Gasteiger charge is -2.15. The van der Waals surface area contributed by atoms with Crippen molar-refractivity contribution in [3.8, 4) is 0 Å². The fourth-order valence-corrected chi connectivity index (χ4v) is 2.59. The lowest BCUT2D eigenvalue weighted by Crippen LogP contribution is -2.18. The summed E-state index contributed by atoms with van der Waals surface area (Å²) in [7, 11) is 0. The van der Waals surface area contributed by atoms with Crippen molar-refractivity contribution in [1.82, 2.24) is 5.32 Å². The highest BCUT2D eigenvalue weighted by Crippen LogP contribution is 2.20. The molecule has 2 aromatic carbocycles. The molecule has 20 heavy (non-hydrogen) atoms. The minimum Gasteiger partial charge on any atom is -0.306 e. The molecule has 0 amide bonds. The summed E-state index contributed by atoms with van der Waals surface area (Å²) < 4.78 is 27.1. The van der Waals surface area contributed by atoms with Crippen LogP contribution in [0.2, 0.25) is 0 Å². The van der Waals surface area contributed by atoms with Crippen molar-refractivity contribution >= 4 is 15.9 Å². The van der Waals surface area contributed by atoms with Crippen LogP contribution in [0.25, 0.3) is 0 Å². The van der Waals surface area contributed by atoms with Crippen molar-refractivity contribution in [3.63, 3.8) is 0 Å². The Morgan fingerprint density at radius 1 is 1.10 bits per heavy atom. The first kappa shape index (κ1) is 15.1. The smallest absolute Gasteiger partial charge is 0.159 e. The lowest BCUT2D eigenvalue weighted by atomic mass is 10.1. The Kier molecular flexibility index (Phi) is 4.89.